The van der Waals surface area contributed by atoms with Gasteiger partial charge in [0.25, 0.3) is 0 Å². The minimum Gasteiger partial charge on any atom is -0.489 e. The van der Waals surface area contributed by atoms with Gasteiger partial charge in [-0.25, -0.2) is 0 Å². The molecule has 368 valence electrons. The molecular weight excluding hydrogens is 907 g/mol. The Kier molecular flexibility index (Phi) is 13.1. The van der Waals surface area contributed by atoms with E-state index in [4.69, 9.17) is 4.74 Å². The van der Waals surface area contributed by atoms with Crippen molar-refractivity contribution in [2.75, 3.05) is 4.90 Å². The maximum atomic E-state index is 6.61. The number of benzene rings is 10. The lowest BCUT2D eigenvalue weighted by atomic mass is 9.67. The zero-order chi connectivity index (χ0) is 50.9. The van der Waals surface area contributed by atoms with E-state index in [1.54, 1.807) is 5.56 Å². The molecule has 0 amide bonds. The molecule has 12 rings (SSSR count). The van der Waals surface area contributed by atoms with E-state index in [1.807, 2.05) is 0 Å². The maximum Gasteiger partial charge on any atom is 0.119 e. The van der Waals surface area contributed by atoms with Crippen LogP contribution < -0.4 is 9.64 Å². The first-order valence-corrected chi connectivity index (χ1v) is 27.2. The fourth-order valence-corrected chi connectivity index (χ4v) is 12.1. The summed E-state index contributed by atoms with van der Waals surface area (Å²) >= 11 is 0. The molecule has 0 spiro atoms. The van der Waals surface area contributed by atoms with Crippen LogP contribution in [0.5, 0.6) is 5.75 Å². The van der Waals surface area contributed by atoms with Gasteiger partial charge in [-0.3, -0.25) is 0 Å². The van der Waals surface area contributed by atoms with Crippen molar-refractivity contribution in [1.82, 2.24) is 0 Å². The van der Waals surface area contributed by atoms with Crippen molar-refractivity contribution >= 4 is 17.1 Å². The molecule has 0 fully saturated rings. The van der Waals surface area contributed by atoms with Gasteiger partial charge in [0, 0.05) is 17.1 Å². The molecular formula is C73H65NO. The SMILES string of the molecule is CCC(CC(C)c1ccc(COc2ccc(C3(c4ccc(C(C)C)cc4)c4ccccc4-c4ccc(N(c5ccc(-c6ccccc6)cc5)c5ccc(-c6ccccc6)cc5)cc43)cc2)cc1)c1ccc2c(c1)CC2. The van der Waals surface area contributed by atoms with Crippen molar-refractivity contribution in [2.24, 2.45) is 0 Å². The van der Waals surface area contributed by atoms with Crippen molar-refractivity contribution in [3.63, 3.8) is 0 Å². The summed E-state index contributed by atoms with van der Waals surface area (Å²) in [5.41, 5.74) is 23.4. The molecule has 0 saturated carbocycles. The summed E-state index contributed by atoms with van der Waals surface area (Å²) in [5.74, 6) is 2.32. The van der Waals surface area contributed by atoms with Gasteiger partial charge in [0.15, 0.2) is 0 Å². The van der Waals surface area contributed by atoms with Crippen LogP contribution in [-0.4, -0.2) is 0 Å². The molecule has 75 heavy (non-hydrogen) atoms. The summed E-state index contributed by atoms with van der Waals surface area (Å²) in [7, 11) is 0. The number of nitrogens with zero attached hydrogens (tertiary/aromatic N) is 1. The van der Waals surface area contributed by atoms with Gasteiger partial charge in [0.2, 0.25) is 0 Å². The van der Waals surface area contributed by atoms with Gasteiger partial charge in [0.05, 0.1) is 5.41 Å². The predicted octanol–water partition coefficient (Wildman–Crippen LogP) is 19.3. The summed E-state index contributed by atoms with van der Waals surface area (Å²) in [6.07, 6.45) is 4.79. The van der Waals surface area contributed by atoms with Crippen molar-refractivity contribution in [3.05, 3.63) is 298 Å². The van der Waals surface area contributed by atoms with Gasteiger partial charge in [-0.2, -0.15) is 0 Å². The average molecular weight is 972 g/mol. The van der Waals surface area contributed by atoms with Crippen LogP contribution in [-0.2, 0) is 24.9 Å². The van der Waals surface area contributed by atoms with E-state index < -0.39 is 5.41 Å². The third-order valence-corrected chi connectivity index (χ3v) is 16.5. The van der Waals surface area contributed by atoms with Crippen LogP contribution in [0.15, 0.2) is 243 Å². The summed E-state index contributed by atoms with van der Waals surface area (Å²) < 4.78 is 6.61. The monoisotopic (exact) mass is 972 g/mol. The standard InChI is InChI=1S/C73H65NO/c1-5-53(61-26-24-60-25-27-62(60)47-61)46-51(4)55-22-20-52(21-23-55)49-75-68-43-36-64(37-44-68)73(63-34-28-54(29-35-63)50(2)3)71-19-13-12-18-69(71)70-45-42-67(48-72(70)73)74(65-38-30-58(31-39-65)56-14-8-6-9-15-56)66-40-32-59(33-41-66)57-16-10-7-11-17-57/h6-24,26,28-45,47-48,50-51,53H,5,25,27,46,49H2,1-4H3. The van der Waals surface area contributed by atoms with E-state index in [0.29, 0.717) is 24.4 Å². The number of fused-ring (bicyclic) bond motifs is 4. The fourth-order valence-electron chi connectivity index (χ4n) is 12.1. The Hall–Kier alpha value is -8.20. The first-order valence-electron chi connectivity index (χ1n) is 27.2. The Labute approximate surface area is 445 Å². The van der Waals surface area contributed by atoms with Gasteiger partial charge < -0.3 is 9.64 Å². The van der Waals surface area contributed by atoms with Gasteiger partial charge in [-0.05, 0) is 181 Å². The van der Waals surface area contributed by atoms with Gasteiger partial charge >= 0.3 is 0 Å². The molecule has 2 aliphatic carbocycles. The van der Waals surface area contributed by atoms with E-state index in [-0.39, 0.29) is 0 Å². The Balaban J connectivity index is 0.890. The minimum absolute atomic E-state index is 0.416. The molecule has 0 saturated heterocycles. The molecule has 2 heteroatoms. The molecule has 3 unspecified atom stereocenters. The van der Waals surface area contributed by atoms with E-state index in [0.717, 1.165) is 35.7 Å². The lowest BCUT2D eigenvalue weighted by Crippen LogP contribution is -2.29. The second kappa shape index (κ2) is 20.6. The summed E-state index contributed by atoms with van der Waals surface area (Å²) in [6, 6.07) is 90.2. The zero-order valence-electron chi connectivity index (χ0n) is 43.7. The predicted molar refractivity (Wildman–Crippen MR) is 314 cm³/mol. The van der Waals surface area contributed by atoms with E-state index in [2.05, 4.69) is 275 Å². The van der Waals surface area contributed by atoms with Crippen LogP contribution in [0.4, 0.5) is 17.1 Å². The second-order valence-electron chi connectivity index (χ2n) is 21.3. The van der Waals surface area contributed by atoms with Crippen LogP contribution in [0.25, 0.3) is 33.4 Å². The van der Waals surface area contributed by atoms with Crippen molar-refractivity contribution in [1.29, 1.82) is 0 Å². The highest BCUT2D eigenvalue weighted by atomic mass is 16.5. The van der Waals surface area contributed by atoms with E-state index in [9.17, 15) is 0 Å². The zero-order valence-corrected chi connectivity index (χ0v) is 43.7. The topological polar surface area (TPSA) is 12.5 Å². The summed E-state index contributed by atoms with van der Waals surface area (Å²) in [6.45, 7) is 9.78. The number of anilines is 3. The van der Waals surface area contributed by atoms with Crippen molar-refractivity contribution in [2.45, 2.75) is 83.2 Å². The van der Waals surface area contributed by atoms with Crippen molar-refractivity contribution in [3.8, 4) is 39.1 Å². The maximum absolute atomic E-state index is 6.61. The quantitative estimate of drug-likeness (QED) is 0.0957. The highest BCUT2D eigenvalue weighted by Gasteiger charge is 2.46. The summed E-state index contributed by atoms with van der Waals surface area (Å²) in [5, 5.41) is 0. The van der Waals surface area contributed by atoms with E-state index in [1.165, 1.54) is 96.3 Å². The van der Waals surface area contributed by atoms with Crippen LogP contribution in [0.1, 0.15) is 114 Å². The van der Waals surface area contributed by atoms with Crippen LogP contribution in [0, 0.1) is 0 Å². The Morgan fingerprint density at radius 1 is 0.440 bits per heavy atom. The Morgan fingerprint density at radius 3 is 1.53 bits per heavy atom. The molecule has 0 radical (unpaired) electrons. The summed E-state index contributed by atoms with van der Waals surface area (Å²) in [4.78, 5) is 2.42. The molecule has 0 N–H and O–H groups in total. The largest absolute Gasteiger partial charge is 0.489 e. The van der Waals surface area contributed by atoms with Crippen molar-refractivity contribution < 1.29 is 4.74 Å². The van der Waals surface area contributed by atoms with E-state index >= 15 is 0 Å². The highest BCUT2D eigenvalue weighted by molar-refractivity contribution is 5.90. The first kappa shape index (κ1) is 47.8. The number of hydrogen-bond acceptors (Lipinski definition) is 2. The minimum atomic E-state index is -0.611. The van der Waals surface area contributed by atoms with Gasteiger partial charge in [-0.15, -0.1) is 0 Å². The van der Waals surface area contributed by atoms with Gasteiger partial charge in [-0.1, -0.05) is 222 Å². The smallest absolute Gasteiger partial charge is 0.119 e. The lowest BCUT2D eigenvalue weighted by molar-refractivity contribution is 0.306. The molecule has 3 atom stereocenters. The van der Waals surface area contributed by atoms with Gasteiger partial charge in [0.1, 0.15) is 12.4 Å². The molecule has 2 nitrogen and oxygen atoms in total. The lowest BCUT2D eigenvalue weighted by Gasteiger charge is -2.35. The Bertz CT molecular complexity index is 3480. The molecule has 2 aliphatic rings. The molecule has 10 aromatic rings. The number of hydrogen-bond donors (Lipinski definition) is 0. The fraction of sp³-hybridized carbons (Fsp3) is 0.178. The molecule has 0 bridgehead atoms. The molecule has 0 aromatic heterocycles. The normalized spacial score (nSPS) is 15.1. The molecule has 10 aromatic carbocycles. The third kappa shape index (κ3) is 9.18. The average Bonchev–Trinajstić information content (AvgIpc) is 3.78. The molecule has 0 aliphatic heterocycles. The molecule has 0 heterocycles. The van der Waals surface area contributed by atoms with Crippen LogP contribution >= 0.6 is 0 Å². The third-order valence-electron chi connectivity index (χ3n) is 16.5. The number of aryl methyl sites for hydroxylation is 2. The van der Waals surface area contributed by atoms with Crippen LogP contribution in [0.2, 0.25) is 0 Å². The number of ether oxygens (including phenoxy) is 1. The first-order chi connectivity index (χ1) is 36.8. The second-order valence-corrected chi connectivity index (χ2v) is 21.3. The number of rotatable bonds is 16. The highest BCUT2D eigenvalue weighted by Crippen LogP contribution is 2.57. The Morgan fingerprint density at radius 2 is 0.960 bits per heavy atom. The van der Waals surface area contributed by atoms with Crippen LogP contribution in [0.3, 0.4) is 0 Å².